The second-order valence-electron chi connectivity index (χ2n) is 5.51. The van der Waals surface area contributed by atoms with Gasteiger partial charge in [-0.1, -0.05) is 0 Å². The Morgan fingerprint density at radius 1 is 1.28 bits per heavy atom. The summed E-state index contributed by atoms with van der Waals surface area (Å²) in [7, 11) is 0. The summed E-state index contributed by atoms with van der Waals surface area (Å²) in [4.78, 5) is 14.3. The molecule has 0 aromatic heterocycles. The minimum Gasteiger partial charge on any atom is -0.351 e. The number of carbonyl (C=O) groups excluding carboxylic acids is 1. The van der Waals surface area contributed by atoms with E-state index in [0.717, 1.165) is 25.2 Å². The van der Waals surface area contributed by atoms with Crippen LogP contribution in [0.2, 0.25) is 0 Å². The van der Waals surface area contributed by atoms with Crippen LogP contribution in [0.15, 0.2) is 11.1 Å². The van der Waals surface area contributed by atoms with Crippen molar-refractivity contribution in [1.82, 2.24) is 15.5 Å². The standard InChI is InChI=1S/C14H27N3O/c1-10(2)17(11(3)4)7-6-16-14(18)12(5)13-8-15-9-13/h10-11,15H,6-9H2,1-5H3,(H,16,18). The van der Waals surface area contributed by atoms with Crippen molar-refractivity contribution in [3.05, 3.63) is 11.1 Å². The highest BCUT2D eigenvalue weighted by atomic mass is 16.1. The third kappa shape index (κ3) is 4.10. The summed E-state index contributed by atoms with van der Waals surface area (Å²) >= 11 is 0. The lowest BCUT2D eigenvalue weighted by Gasteiger charge is -2.30. The molecule has 2 N–H and O–H groups in total. The molecule has 4 nitrogen and oxygen atoms in total. The van der Waals surface area contributed by atoms with E-state index < -0.39 is 0 Å². The van der Waals surface area contributed by atoms with Gasteiger partial charge >= 0.3 is 0 Å². The maximum Gasteiger partial charge on any atom is 0.247 e. The lowest BCUT2D eigenvalue weighted by molar-refractivity contribution is -0.117. The second-order valence-corrected chi connectivity index (χ2v) is 5.51. The molecule has 1 aliphatic heterocycles. The van der Waals surface area contributed by atoms with E-state index in [1.54, 1.807) is 0 Å². The number of carbonyl (C=O) groups is 1. The van der Waals surface area contributed by atoms with Crippen LogP contribution in [0.1, 0.15) is 34.6 Å². The number of nitrogens with one attached hydrogen (secondary N) is 2. The largest absolute Gasteiger partial charge is 0.351 e. The van der Waals surface area contributed by atoms with Crippen LogP contribution in [0.4, 0.5) is 0 Å². The molecular weight excluding hydrogens is 226 g/mol. The summed E-state index contributed by atoms with van der Waals surface area (Å²) < 4.78 is 0. The number of amides is 1. The first kappa shape index (κ1) is 15.2. The van der Waals surface area contributed by atoms with Crippen molar-refractivity contribution in [2.24, 2.45) is 0 Å². The molecule has 0 aromatic rings. The van der Waals surface area contributed by atoms with Gasteiger partial charge in [0.2, 0.25) is 5.91 Å². The van der Waals surface area contributed by atoms with Crippen LogP contribution in [0.25, 0.3) is 0 Å². The first-order valence-electron chi connectivity index (χ1n) is 6.86. The molecule has 1 amide bonds. The first-order chi connectivity index (χ1) is 8.43. The maximum absolute atomic E-state index is 11.9. The molecule has 0 bridgehead atoms. The highest BCUT2D eigenvalue weighted by Crippen LogP contribution is 2.08. The Hall–Kier alpha value is -0.870. The molecule has 104 valence electrons. The van der Waals surface area contributed by atoms with Crippen molar-refractivity contribution in [3.63, 3.8) is 0 Å². The van der Waals surface area contributed by atoms with Crippen LogP contribution in [0.3, 0.4) is 0 Å². The maximum atomic E-state index is 11.9. The Labute approximate surface area is 111 Å². The average molecular weight is 253 g/mol. The van der Waals surface area contributed by atoms with Crippen molar-refractivity contribution in [3.8, 4) is 0 Å². The van der Waals surface area contributed by atoms with Crippen molar-refractivity contribution in [1.29, 1.82) is 0 Å². The van der Waals surface area contributed by atoms with Gasteiger partial charge in [-0.05, 0) is 40.2 Å². The Bertz CT molecular complexity index is 307. The SMILES string of the molecule is CC(C(=O)NCCN(C(C)C)C(C)C)=C1CNC1. The van der Waals surface area contributed by atoms with Crippen molar-refractivity contribution >= 4 is 5.91 Å². The predicted octanol–water partition coefficient (Wildman–Crippen LogP) is 1.14. The summed E-state index contributed by atoms with van der Waals surface area (Å²) in [5.41, 5.74) is 2.12. The van der Waals surface area contributed by atoms with E-state index in [2.05, 4.69) is 43.2 Å². The van der Waals surface area contributed by atoms with Gasteiger partial charge in [0, 0.05) is 43.8 Å². The van der Waals surface area contributed by atoms with Crippen LogP contribution >= 0.6 is 0 Å². The van der Waals surface area contributed by atoms with Gasteiger partial charge in [-0.25, -0.2) is 0 Å². The number of nitrogens with zero attached hydrogens (tertiary/aromatic N) is 1. The van der Waals surface area contributed by atoms with Crippen LogP contribution in [-0.4, -0.2) is 49.1 Å². The van der Waals surface area contributed by atoms with Gasteiger partial charge in [0.25, 0.3) is 0 Å². The summed E-state index contributed by atoms with van der Waals surface area (Å²) in [6, 6.07) is 1.02. The molecule has 1 rings (SSSR count). The van der Waals surface area contributed by atoms with Crippen LogP contribution < -0.4 is 10.6 Å². The Kier molecular flexibility index (Phi) is 5.82. The zero-order chi connectivity index (χ0) is 13.7. The molecule has 0 unspecified atom stereocenters. The molecule has 0 aliphatic carbocycles. The zero-order valence-electron chi connectivity index (χ0n) is 12.3. The molecule has 0 aromatic carbocycles. The fourth-order valence-electron chi connectivity index (χ4n) is 2.22. The fraction of sp³-hybridized carbons (Fsp3) is 0.786. The summed E-state index contributed by atoms with van der Waals surface area (Å²) in [6.45, 7) is 14.0. The van der Waals surface area contributed by atoms with Gasteiger partial charge in [0.1, 0.15) is 0 Å². The third-order valence-electron chi connectivity index (χ3n) is 3.53. The summed E-state index contributed by atoms with van der Waals surface area (Å²) in [6.07, 6.45) is 0. The minimum absolute atomic E-state index is 0.0824. The lowest BCUT2D eigenvalue weighted by Crippen LogP contribution is -2.43. The third-order valence-corrected chi connectivity index (χ3v) is 3.53. The van der Waals surface area contributed by atoms with Crippen molar-refractivity contribution in [2.75, 3.05) is 26.2 Å². The van der Waals surface area contributed by atoms with E-state index in [1.165, 1.54) is 5.57 Å². The first-order valence-corrected chi connectivity index (χ1v) is 6.86. The highest BCUT2D eigenvalue weighted by molar-refractivity contribution is 5.93. The summed E-state index contributed by atoms with van der Waals surface area (Å²) in [5.74, 6) is 0.0824. The molecule has 0 atom stereocenters. The molecular formula is C14H27N3O. The molecule has 0 spiro atoms. The van der Waals surface area contributed by atoms with E-state index in [4.69, 9.17) is 0 Å². The highest BCUT2D eigenvalue weighted by Gasteiger charge is 2.17. The normalized spacial score (nSPS) is 15.2. The molecule has 0 saturated carbocycles. The predicted molar refractivity (Wildman–Crippen MR) is 75.6 cm³/mol. The number of hydrogen-bond acceptors (Lipinski definition) is 3. The van der Waals surface area contributed by atoms with Gasteiger partial charge in [-0.15, -0.1) is 0 Å². The molecule has 0 radical (unpaired) electrons. The van der Waals surface area contributed by atoms with Gasteiger partial charge in [-0.2, -0.15) is 0 Å². The molecule has 1 aliphatic rings. The molecule has 4 heteroatoms. The fourth-order valence-corrected chi connectivity index (χ4v) is 2.22. The van der Waals surface area contributed by atoms with E-state index >= 15 is 0 Å². The van der Waals surface area contributed by atoms with Crippen LogP contribution in [-0.2, 0) is 4.79 Å². The monoisotopic (exact) mass is 253 g/mol. The van der Waals surface area contributed by atoms with Crippen LogP contribution in [0, 0.1) is 0 Å². The Morgan fingerprint density at radius 3 is 2.22 bits per heavy atom. The number of rotatable bonds is 6. The second kappa shape index (κ2) is 6.90. The van der Waals surface area contributed by atoms with Gasteiger partial charge in [0.05, 0.1) is 0 Å². The Balaban J connectivity index is 2.34. The quantitative estimate of drug-likeness (QED) is 0.698. The molecule has 18 heavy (non-hydrogen) atoms. The van der Waals surface area contributed by atoms with Crippen LogP contribution in [0.5, 0.6) is 0 Å². The Morgan fingerprint density at radius 2 is 1.83 bits per heavy atom. The van der Waals surface area contributed by atoms with Gasteiger partial charge < -0.3 is 10.6 Å². The zero-order valence-corrected chi connectivity index (χ0v) is 12.3. The van der Waals surface area contributed by atoms with Crippen molar-refractivity contribution < 1.29 is 4.79 Å². The molecule has 1 fully saturated rings. The average Bonchev–Trinajstić information content (AvgIpc) is 2.20. The van der Waals surface area contributed by atoms with E-state index in [0.29, 0.717) is 18.6 Å². The van der Waals surface area contributed by atoms with Gasteiger partial charge in [0.15, 0.2) is 0 Å². The van der Waals surface area contributed by atoms with Crippen molar-refractivity contribution in [2.45, 2.75) is 46.7 Å². The minimum atomic E-state index is 0.0824. The van der Waals surface area contributed by atoms with E-state index in [1.807, 2.05) is 6.92 Å². The molecule has 1 heterocycles. The topological polar surface area (TPSA) is 44.4 Å². The summed E-state index contributed by atoms with van der Waals surface area (Å²) in [5, 5.41) is 6.16. The van der Waals surface area contributed by atoms with E-state index in [-0.39, 0.29) is 5.91 Å². The number of hydrogen-bond donors (Lipinski definition) is 2. The molecule has 1 saturated heterocycles. The smallest absolute Gasteiger partial charge is 0.247 e. The van der Waals surface area contributed by atoms with Gasteiger partial charge in [-0.3, -0.25) is 9.69 Å². The lowest BCUT2D eigenvalue weighted by atomic mass is 10.0. The van der Waals surface area contributed by atoms with E-state index in [9.17, 15) is 4.79 Å².